The summed E-state index contributed by atoms with van der Waals surface area (Å²) in [5, 5.41) is 0. The van der Waals surface area contributed by atoms with Crippen molar-refractivity contribution in [3.8, 4) is 5.75 Å². The predicted molar refractivity (Wildman–Crippen MR) is 80.3 cm³/mol. The van der Waals surface area contributed by atoms with E-state index < -0.39 is 0 Å². The van der Waals surface area contributed by atoms with Crippen LogP contribution in [0.15, 0.2) is 42.5 Å². The predicted octanol–water partition coefficient (Wildman–Crippen LogP) is 3.20. The van der Waals surface area contributed by atoms with Crippen molar-refractivity contribution in [1.29, 1.82) is 0 Å². The largest absolute Gasteiger partial charge is 0.493 e. The average Bonchev–Trinajstić information content (AvgIpc) is 2.94. The number of rotatable bonds is 1. The molecule has 0 radical (unpaired) electrons. The molecule has 1 atom stereocenters. The van der Waals surface area contributed by atoms with E-state index in [4.69, 9.17) is 4.74 Å². The van der Waals surface area contributed by atoms with Gasteiger partial charge in [0.2, 0.25) is 0 Å². The highest BCUT2D eigenvalue weighted by Gasteiger charge is 2.26. The Balaban J connectivity index is 1.81. The molecule has 0 aromatic heterocycles. The first kappa shape index (κ1) is 12.0. The second-order valence-electron chi connectivity index (χ2n) is 5.80. The molecule has 0 fully saturated rings. The molecular weight excluding hydrogens is 246 g/mol. The van der Waals surface area contributed by atoms with E-state index in [9.17, 15) is 0 Å². The van der Waals surface area contributed by atoms with E-state index >= 15 is 0 Å². The highest BCUT2D eigenvalue weighted by Crippen LogP contribution is 2.36. The van der Waals surface area contributed by atoms with E-state index in [2.05, 4.69) is 54.4 Å². The number of hydrogen-bond acceptors (Lipinski definition) is 2. The quantitative estimate of drug-likeness (QED) is 0.785. The number of benzene rings is 2. The lowest BCUT2D eigenvalue weighted by molar-refractivity contribution is 0.264. The Kier molecular flexibility index (Phi) is 2.78. The molecule has 102 valence electrons. The van der Waals surface area contributed by atoms with Gasteiger partial charge in [-0.05, 0) is 41.8 Å². The Hall–Kier alpha value is -1.80. The van der Waals surface area contributed by atoms with Crippen LogP contribution in [0.4, 0.5) is 0 Å². The lowest BCUT2D eigenvalue weighted by atomic mass is 9.88. The van der Waals surface area contributed by atoms with Crippen molar-refractivity contribution in [2.75, 3.05) is 20.2 Å². The standard InChI is InChI=1S/C18H19NO/c1-19-10-8-13-4-2-3-5-16(13)18(19)15-6-7-17-14(12-15)9-11-20-17/h2-7,12,18H,8-11H2,1H3. The van der Waals surface area contributed by atoms with Gasteiger partial charge < -0.3 is 4.74 Å². The summed E-state index contributed by atoms with van der Waals surface area (Å²) in [6, 6.07) is 15.9. The third-order valence-corrected chi connectivity index (χ3v) is 4.55. The minimum absolute atomic E-state index is 0.380. The minimum atomic E-state index is 0.380. The Morgan fingerprint density at radius 2 is 1.95 bits per heavy atom. The summed E-state index contributed by atoms with van der Waals surface area (Å²) in [6.07, 6.45) is 2.19. The maximum absolute atomic E-state index is 5.62. The molecule has 0 amide bonds. The van der Waals surface area contributed by atoms with Gasteiger partial charge in [-0.15, -0.1) is 0 Å². The van der Waals surface area contributed by atoms with Crippen LogP contribution >= 0.6 is 0 Å². The van der Waals surface area contributed by atoms with Gasteiger partial charge in [0.05, 0.1) is 12.6 Å². The molecule has 2 nitrogen and oxygen atoms in total. The van der Waals surface area contributed by atoms with Gasteiger partial charge in [0.15, 0.2) is 0 Å². The molecule has 2 aromatic rings. The topological polar surface area (TPSA) is 12.5 Å². The van der Waals surface area contributed by atoms with Crippen LogP contribution in [0.5, 0.6) is 5.75 Å². The first-order chi connectivity index (χ1) is 9.83. The Morgan fingerprint density at radius 1 is 1.05 bits per heavy atom. The van der Waals surface area contributed by atoms with Crippen molar-refractivity contribution in [3.63, 3.8) is 0 Å². The van der Waals surface area contributed by atoms with Crippen molar-refractivity contribution >= 4 is 0 Å². The number of ether oxygens (including phenoxy) is 1. The molecule has 4 rings (SSSR count). The highest BCUT2D eigenvalue weighted by molar-refractivity contribution is 5.45. The number of fused-ring (bicyclic) bond motifs is 2. The molecule has 1 unspecified atom stereocenters. The molecule has 0 aliphatic carbocycles. The van der Waals surface area contributed by atoms with E-state index in [1.54, 1.807) is 0 Å². The molecule has 0 saturated carbocycles. The lowest BCUT2D eigenvalue weighted by Gasteiger charge is -2.35. The Bertz CT molecular complexity index is 650. The summed E-state index contributed by atoms with van der Waals surface area (Å²) < 4.78 is 5.62. The maximum atomic E-state index is 5.62. The SMILES string of the molecule is CN1CCc2ccccc2C1c1ccc2c(c1)CCO2. The zero-order valence-electron chi connectivity index (χ0n) is 11.8. The summed E-state index contributed by atoms with van der Waals surface area (Å²) in [7, 11) is 2.23. The molecular formula is C18H19NO. The maximum Gasteiger partial charge on any atom is 0.122 e. The molecule has 0 bridgehead atoms. The first-order valence-electron chi connectivity index (χ1n) is 7.36. The summed E-state index contributed by atoms with van der Waals surface area (Å²) >= 11 is 0. The first-order valence-corrected chi connectivity index (χ1v) is 7.36. The third-order valence-electron chi connectivity index (χ3n) is 4.55. The zero-order valence-corrected chi connectivity index (χ0v) is 11.8. The molecule has 2 aromatic carbocycles. The van der Waals surface area contributed by atoms with Crippen molar-refractivity contribution in [2.24, 2.45) is 0 Å². The van der Waals surface area contributed by atoms with Crippen LogP contribution in [-0.4, -0.2) is 25.1 Å². The van der Waals surface area contributed by atoms with E-state index in [1.807, 2.05) is 0 Å². The van der Waals surface area contributed by atoms with Gasteiger partial charge in [-0.2, -0.15) is 0 Å². The van der Waals surface area contributed by atoms with E-state index in [0.29, 0.717) is 6.04 Å². The van der Waals surface area contributed by atoms with Crippen LogP contribution in [0.1, 0.15) is 28.3 Å². The smallest absolute Gasteiger partial charge is 0.122 e. The van der Waals surface area contributed by atoms with Crippen molar-refractivity contribution in [2.45, 2.75) is 18.9 Å². The van der Waals surface area contributed by atoms with Crippen molar-refractivity contribution in [3.05, 3.63) is 64.7 Å². The van der Waals surface area contributed by atoms with Crippen molar-refractivity contribution in [1.82, 2.24) is 4.90 Å². The summed E-state index contributed by atoms with van der Waals surface area (Å²) in [5.41, 5.74) is 5.70. The average molecular weight is 265 g/mol. The van der Waals surface area contributed by atoms with E-state index in [0.717, 1.165) is 31.7 Å². The normalized spacial score (nSPS) is 21.1. The van der Waals surface area contributed by atoms with Gasteiger partial charge in [0.25, 0.3) is 0 Å². The highest BCUT2D eigenvalue weighted by atomic mass is 16.5. The number of likely N-dealkylation sites (N-methyl/N-ethyl adjacent to an activating group) is 1. The van der Waals surface area contributed by atoms with Gasteiger partial charge in [0, 0.05) is 13.0 Å². The van der Waals surface area contributed by atoms with Crippen molar-refractivity contribution < 1.29 is 4.74 Å². The molecule has 2 heterocycles. The molecule has 2 aliphatic heterocycles. The number of hydrogen-bond donors (Lipinski definition) is 0. The lowest BCUT2D eigenvalue weighted by Crippen LogP contribution is -2.32. The Morgan fingerprint density at radius 3 is 2.90 bits per heavy atom. The van der Waals surface area contributed by atoms with Crippen LogP contribution in [-0.2, 0) is 12.8 Å². The molecule has 0 saturated heterocycles. The molecule has 0 spiro atoms. The fourth-order valence-corrected chi connectivity index (χ4v) is 3.50. The van der Waals surface area contributed by atoms with Crippen LogP contribution < -0.4 is 4.74 Å². The summed E-state index contributed by atoms with van der Waals surface area (Å²) in [6.45, 7) is 1.95. The monoisotopic (exact) mass is 265 g/mol. The second-order valence-corrected chi connectivity index (χ2v) is 5.80. The Labute approximate surface area is 120 Å². The minimum Gasteiger partial charge on any atom is -0.493 e. The third kappa shape index (κ3) is 1.83. The van der Waals surface area contributed by atoms with Crippen LogP contribution in [0, 0.1) is 0 Å². The van der Waals surface area contributed by atoms with Gasteiger partial charge in [0.1, 0.15) is 5.75 Å². The molecule has 0 N–H and O–H groups in total. The van der Waals surface area contributed by atoms with Gasteiger partial charge in [-0.3, -0.25) is 4.90 Å². The van der Waals surface area contributed by atoms with Crippen LogP contribution in [0.25, 0.3) is 0 Å². The second kappa shape index (κ2) is 4.64. The fraction of sp³-hybridized carbons (Fsp3) is 0.333. The summed E-state index contributed by atoms with van der Waals surface area (Å²) in [4.78, 5) is 2.46. The van der Waals surface area contributed by atoms with Crippen LogP contribution in [0.2, 0.25) is 0 Å². The van der Waals surface area contributed by atoms with Gasteiger partial charge in [-0.1, -0.05) is 36.4 Å². The van der Waals surface area contributed by atoms with Gasteiger partial charge >= 0.3 is 0 Å². The van der Waals surface area contributed by atoms with Crippen LogP contribution in [0.3, 0.4) is 0 Å². The molecule has 20 heavy (non-hydrogen) atoms. The summed E-state index contributed by atoms with van der Waals surface area (Å²) in [5.74, 6) is 1.07. The number of nitrogens with zero attached hydrogens (tertiary/aromatic N) is 1. The van der Waals surface area contributed by atoms with E-state index in [-0.39, 0.29) is 0 Å². The zero-order chi connectivity index (χ0) is 13.5. The molecule has 2 aliphatic rings. The fourth-order valence-electron chi connectivity index (χ4n) is 3.50. The van der Waals surface area contributed by atoms with E-state index in [1.165, 1.54) is 22.3 Å². The van der Waals surface area contributed by atoms with Gasteiger partial charge in [-0.25, -0.2) is 0 Å². The molecule has 2 heteroatoms.